The number of benzene rings is 1. The predicted octanol–water partition coefficient (Wildman–Crippen LogP) is -0.373. The van der Waals surface area contributed by atoms with E-state index in [1.54, 1.807) is 0 Å². The minimum absolute atomic E-state index is 0. The van der Waals surface area contributed by atoms with E-state index in [0.717, 1.165) is 23.5 Å². The van der Waals surface area contributed by atoms with Crippen molar-refractivity contribution in [3.05, 3.63) is 35.2 Å². The highest BCUT2D eigenvalue weighted by atomic mass is 127. The Balaban J connectivity index is 0.00000133. The largest absolute Gasteiger partial charge is 1.00 e. The maximum atomic E-state index is 5.89. The van der Waals surface area contributed by atoms with Crippen LogP contribution in [-0.4, -0.2) is 23.7 Å². The first-order valence-corrected chi connectivity index (χ1v) is 7.00. The van der Waals surface area contributed by atoms with Crippen molar-refractivity contribution in [1.82, 2.24) is 4.90 Å². The van der Waals surface area contributed by atoms with Crippen LogP contribution in [0.4, 0.5) is 0 Å². The molecule has 1 saturated heterocycles. The highest BCUT2D eigenvalue weighted by Crippen LogP contribution is 2.33. The molecule has 3 rings (SSSR count). The van der Waals surface area contributed by atoms with Crippen molar-refractivity contribution < 1.29 is 33.0 Å². The maximum absolute atomic E-state index is 5.89. The average molecular weight is 388 g/mol. The Morgan fingerprint density at radius 3 is 2.79 bits per heavy atom. The van der Waals surface area contributed by atoms with E-state index in [4.69, 9.17) is 4.42 Å². The molecule has 1 aromatic carbocycles. The minimum Gasteiger partial charge on any atom is -1.00 e. The predicted molar refractivity (Wildman–Crippen MR) is 75.1 cm³/mol. The molecule has 0 aliphatic carbocycles. The van der Waals surface area contributed by atoms with Gasteiger partial charge >= 0.3 is 5.89 Å². The van der Waals surface area contributed by atoms with Crippen LogP contribution >= 0.6 is 11.8 Å². The first-order chi connectivity index (χ1) is 8.65. The fraction of sp³-hybridized carbons (Fsp3) is 0.357. The Labute approximate surface area is 134 Å². The molecule has 1 aliphatic heterocycles. The lowest BCUT2D eigenvalue weighted by molar-refractivity contribution is -0.652. The number of thioether (sulfide) groups is 1. The van der Waals surface area contributed by atoms with Crippen LogP contribution < -0.4 is 28.5 Å². The van der Waals surface area contributed by atoms with E-state index >= 15 is 0 Å². The van der Waals surface area contributed by atoms with Crippen LogP contribution in [0.2, 0.25) is 0 Å². The second kappa shape index (κ2) is 5.75. The second-order valence-corrected chi connectivity index (χ2v) is 6.22. The van der Waals surface area contributed by atoms with Gasteiger partial charge < -0.3 is 33.3 Å². The summed E-state index contributed by atoms with van der Waals surface area (Å²) in [4.78, 5) is 2.28. The van der Waals surface area contributed by atoms with Crippen LogP contribution in [-0.2, 0) is 7.05 Å². The summed E-state index contributed by atoms with van der Waals surface area (Å²) in [5.41, 5.74) is 2.06. The molecule has 1 unspecified atom stereocenters. The van der Waals surface area contributed by atoms with Gasteiger partial charge in [0.2, 0.25) is 5.58 Å². The monoisotopic (exact) mass is 388 g/mol. The summed E-state index contributed by atoms with van der Waals surface area (Å²) >= 11 is 1.90. The number of aryl methyl sites for hydroxylation is 1. The molecule has 2 aromatic rings. The summed E-state index contributed by atoms with van der Waals surface area (Å²) in [5, 5.41) is 1.92. The lowest BCUT2D eigenvalue weighted by atomic mass is 10.3. The number of aromatic nitrogens is 1. The Hall–Kier alpha value is -0.690. The van der Waals surface area contributed by atoms with Crippen molar-refractivity contribution in [2.45, 2.75) is 12.2 Å². The van der Waals surface area contributed by atoms with Gasteiger partial charge in [-0.05, 0) is 6.07 Å². The first-order valence-electron chi connectivity index (χ1n) is 6.12. The van der Waals surface area contributed by atoms with Crippen LogP contribution in [0.5, 0.6) is 0 Å². The Kier molecular flexibility index (Phi) is 4.45. The van der Waals surface area contributed by atoms with Gasteiger partial charge in [-0.15, -0.1) is 11.8 Å². The molecule has 1 aromatic heterocycles. The van der Waals surface area contributed by atoms with Gasteiger partial charge in [0.05, 0.1) is 11.1 Å². The number of hydrogen-bond donors (Lipinski definition) is 0. The molecule has 0 bridgehead atoms. The summed E-state index contributed by atoms with van der Waals surface area (Å²) in [5.74, 6) is 0.902. The van der Waals surface area contributed by atoms with E-state index < -0.39 is 0 Å². The topological polar surface area (TPSA) is 20.3 Å². The summed E-state index contributed by atoms with van der Waals surface area (Å²) < 4.78 is 7.99. The highest BCUT2D eigenvalue weighted by Gasteiger charge is 2.24. The van der Waals surface area contributed by atoms with Crippen molar-refractivity contribution in [2.75, 3.05) is 13.6 Å². The standard InChI is InChI=1S/C14H17N2OS.HI/c1-10-9-15(2)14(18-10)8-13-16(3)11-6-4-5-7-12(11)17-13;/h4-8,10H,9H2,1-3H3;1H/q+1;/p-1. The van der Waals surface area contributed by atoms with Crippen LogP contribution in [0.15, 0.2) is 33.7 Å². The summed E-state index contributed by atoms with van der Waals surface area (Å²) in [6.45, 7) is 3.35. The number of rotatable bonds is 1. The molecule has 1 atom stereocenters. The molecule has 0 N–H and O–H groups in total. The Morgan fingerprint density at radius 1 is 1.42 bits per heavy atom. The quantitative estimate of drug-likeness (QED) is 0.491. The molecule has 0 spiro atoms. The van der Waals surface area contributed by atoms with E-state index in [2.05, 4.69) is 35.6 Å². The fourth-order valence-electron chi connectivity index (χ4n) is 2.31. The Bertz CT molecular complexity index is 623. The molecule has 1 fully saturated rings. The number of para-hydroxylation sites is 2. The van der Waals surface area contributed by atoms with Crippen molar-refractivity contribution in [2.24, 2.45) is 7.05 Å². The summed E-state index contributed by atoms with van der Waals surface area (Å²) in [6, 6.07) is 8.12. The molecular weight excluding hydrogens is 371 g/mol. The third-order valence-electron chi connectivity index (χ3n) is 3.25. The first kappa shape index (κ1) is 14.7. The lowest BCUT2D eigenvalue weighted by Crippen LogP contribution is -3.00. The van der Waals surface area contributed by atoms with Gasteiger partial charge in [-0.1, -0.05) is 19.1 Å². The van der Waals surface area contributed by atoms with Crippen molar-refractivity contribution in [1.29, 1.82) is 0 Å². The van der Waals surface area contributed by atoms with Crippen molar-refractivity contribution >= 4 is 28.9 Å². The normalized spacial score (nSPS) is 21.1. The molecule has 5 heteroatoms. The minimum atomic E-state index is 0. The number of nitrogens with zero attached hydrogens (tertiary/aromatic N) is 2. The zero-order valence-electron chi connectivity index (χ0n) is 11.3. The molecule has 2 heterocycles. The number of halogens is 1. The van der Waals surface area contributed by atoms with E-state index in [-0.39, 0.29) is 24.0 Å². The zero-order valence-corrected chi connectivity index (χ0v) is 14.2. The SMILES string of the molecule is CC1CN(C)/C(=C/c2oc3ccccc3[n+]2C)S1.[I-]. The molecule has 0 radical (unpaired) electrons. The molecular formula is C14H17IN2OS. The lowest BCUT2D eigenvalue weighted by Gasteiger charge is -2.09. The third kappa shape index (κ3) is 2.76. The van der Waals surface area contributed by atoms with Crippen LogP contribution in [0, 0.1) is 0 Å². The van der Waals surface area contributed by atoms with E-state index in [9.17, 15) is 0 Å². The number of oxazole rings is 1. The smallest absolute Gasteiger partial charge is 0.376 e. The van der Waals surface area contributed by atoms with Crippen molar-refractivity contribution in [3.8, 4) is 0 Å². The average Bonchev–Trinajstić information content (AvgIpc) is 2.82. The van der Waals surface area contributed by atoms with Gasteiger partial charge in [0.15, 0.2) is 0 Å². The second-order valence-electron chi connectivity index (χ2n) is 4.76. The maximum Gasteiger partial charge on any atom is 0.376 e. The van der Waals surface area contributed by atoms with Gasteiger partial charge in [0, 0.05) is 24.9 Å². The van der Waals surface area contributed by atoms with Crippen molar-refractivity contribution in [3.63, 3.8) is 0 Å². The van der Waals surface area contributed by atoms with Crippen LogP contribution in [0.1, 0.15) is 12.8 Å². The zero-order chi connectivity index (χ0) is 12.7. The van der Waals surface area contributed by atoms with E-state index in [0.29, 0.717) is 5.25 Å². The number of hydrogen-bond acceptors (Lipinski definition) is 3. The molecule has 19 heavy (non-hydrogen) atoms. The van der Waals surface area contributed by atoms with Gasteiger partial charge in [0.1, 0.15) is 7.05 Å². The van der Waals surface area contributed by atoms with Crippen LogP contribution in [0.3, 0.4) is 0 Å². The molecule has 1 aliphatic rings. The highest BCUT2D eigenvalue weighted by molar-refractivity contribution is 8.04. The van der Waals surface area contributed by atoms with Gasteiger partial charge in [0.25, 0.3) is 5.52 Å². The van der Waals surface area contributed by atoms with E-state index in [1.807, 2.05) is 37.0 Å². The van der Waals surface area contributed by atoms with Gasteiger partial charge in [-0.3, -0.25) is 0 Å². The molecule has 102 valence electrons. The third-order valence-corrected chi connectivity index (χ3v) is 4.47. The van der Waals surface area contributed by atoms with Crippen LogP contribution in [0.25, 0.3) is 17.2 Å². The van der Waals surface area contributed by atoms with Gasteiger partial charge in [-0.2, -0.15) is 4.57 Å². The Morgan fingerprint density at radius 2 is 2.16 bits per heavy atom. The fourth-order valence-corrected chi connectivity index (χ4v) is 3.44. The summed E-state index contributed by atoms with van der Waals surface area (Å²) in [6.07, 6.45) is 2.13. The molecule has 0 amide bonds. The molecule has 3 nitrogen and oxygen atoms in total. The van der Waals surface area contributed by atoms with E-state index in [1.165, 1.54) is 5.03 Å². The number of fused-ring (bicyclic) bond motifs is 1. The molecule has 0 saturated carbocycles. The van der Waals surface area contributed by atoms with Gasteiger partial charge in [-0.25, -0.2) is 0 Å². The summed E-state index contributed by atoms with van der Waals surface area (Å²) in [7, 11) is 4.17.